The van der Waals surface area contributed by atoms with Gasteiger partial charge in [0.1, 0.15) is 5.75 Å². The molecule has 1 aliphatic heterocycles. The zero-order valence-electron chi connectivity index (χ0n) is 12.7. The minimum atomic E-state index is 0.201. The van der Waals surface area contributed by atoms with Crippen LogP contribution in [0.15, 0.2) is 36.4 Å². The zero-order valence-corrected chi connectivity index (χ0v) is 13.5. The van der Waals surface area contributed by atoms with Crippen molar-refractivity contribution in [1.82, 2.24) is 4.90 Å². The summed E-state index contributed by atoms with van der Waals surface area (Å²) in [5.41, 5.74) is 5.39. The van der Waals surface area contributed by atoms with Crippen LogP contribution in [-0.4, -0.2) is 29.6 Å². The predicted molar refractivity (Wildman–Crippen MR) is 89.8 cm³/mol. The van der Waals surface area contributed by atoms with Crippen molar-refractivity contribution in [2.45, 2.75) is 31.2 Å². The van der Waals surface area contributed by atoms with Crippen molar-refractivity contribution in [3.63, 3.8) is 0 Å². The standard InChI is InChI=1S/C19H20ClNO/c1-21-9-8-13-10-16(20)18(22)11-15(13)19-14-5-3-2-4-12(14)6-7-17(19)21/h2-5,10-11,17,19,22H,6-9H2,1H3/t17-,19?/m0/s1. The van der Waals surface area contributed by atoms with E-state index in [9.17, 15) is 5.11 Å². The van der Waals surface area contributed by atoms with E-state index < -0.39 is 0 Å². The van der Waals surface area contributed by atoms with Gasteiger partial charge in [-0.25, -0.2) is 0 Å². The lowest BCUT2D eigenvalue weighted by Gasteiger charge is -2.38. The molecule has 0 fully saturated rings. The molecule has 1 heterocycles. The molecule has 1 N–H and O–H groups in total. The quantitative estimate of drug-likeness (QED) is 0.795. The van der Waals surface area contributed by atoms with Crippen molar-refractivity contribution in [2.24, 2.45) is 0 Å². The van der Waals surface area contributed by atoms with Gasteiger partial charge in [-0.1, -0.05) is 35.9 Å². The monoisotopic (exact) mass is 313 g/mol. The van der Waals surface area contributed by atoms with Crippen LogP contribution in [0.2, 0.25) is 5.02 Å². The summed E-state index contributed by atoms with van der Waals surface area (Å²) >= 11 is 6.15. The summed E-state index contributed by atoms with van der Waals surface area (Å²) < 4.78 is 0. The summed E-state index contributed by atoms with van der Waals surface area (Å²) in [4.78, 5) is 2.48. The first-order chi connectivity index (χ1) is 10.6. The van der Waals surface area contributed by atoms with E-state index in [1.165, 1.54) is 28.7 Å². The number of halogens is 1. The summed E-state index contributed by atoms with van der Waals surface area (Å²) in [5.74, 6) is 0.530. The molecule has 0 radical (unpaired) electrons. The largest absolute Gasteiger partial charge is 0.506 e. The number of likely N-dealkylation sites (N-methyl/N-ethyl adjacent to an activating group) is 1. The summed E-state index contributed by atoms with van der Waals surface area (Å²) in [6.07, 6.45) is 3.29. The summed E-state index contributed by atoms with van der Waals surface area (Å²) in [5, 5.41) is 10.6. The Labute approximate surface area is 136 Å². The Balaban J connectivity index is 1.94. The van der Waals surface area contributed by atoms with Gasteiger partial charge in [-0.05, 0) is 60.7 Å². The van der Waals surface area contributed by atoms with Crippen molar-refractivity contribution >= 4 is 11.6 Å². The molecule has 114 valence electrons. The van der Waals surface area contributed by atoms with Gasteiger partial charge in [0.25, 0.3) is 0 Å². The highest BCUT2D eigenvalue weighted by Gasteiger charge is 2.36. The van der Waals surface area contributed by atoms with Gasteiger partial charge in [0.05, 0.1) is 5.02 Å². The summed E-state index contributed by atoms with van der Waals surface area (Å²) in [6, 6.07) is 13.1. The summed E-state index contributed by atoms with van der Waals surface area (Å²) in [6.45, 7) is 1.04. The minimum Gasteiger partial charge on any atom is -0.506 e. The van der Waals surface area contributed by atoms with E-state index in [1.54, 1.807) is 0 Å². The Kier molecular flexibility index (Phi) is 3.39. The van der Waals surface area contributed by atoms with Crippen LogP contribution in [0.1, 0.15) is 34.6 Å². The number of phenols is 1. The molecule has 2 aliphatic rings. The van der Waals surface area contributed by atoms with Crippen LogP contribution >= 0.6 is 11.6 Å². The molecule has 22 heavy (non-hydrogen) atoms. The number of rotatable bonds is 0. The van der Waals surface area contributed by atoms with Gasteiger partial charge in [0.2, 0.25) is 0 Å². The molecule has 1 unspecified atom stereocenters. The maximum absolute atomic E-state index is 10.1. The van der Waals surface area contributed by atoms with E-state index >= 15 is 0 Å². The molecule has 0 spiro atoms. The zero-order chi connectivity index (χ0) is 15.3. The Morgan fingerprint density at radius 1 is 1.09 bits per heavy atom. The van der Waals surface area contributed by atoms with Crippen LogP contribution in [0.25, 0.3) is 0 Å². The molecule has 0 aromatic heterocycles. The Hall–Kier alpha value is -1.51. The van der Waals surface area contributed by atoms with Gasteiger partial charge >= 0.3 is 0 Å². The lowest BCUT2D eigenvalue weighted by molar-refractivity contribution is 0.214. The number of hydrogen-bond acceptors (Lipinski definition) is 2. The number of nitrogens with zero attached hydrogens (tertiary/aromatic N) is 1. The molecule has 1 aliphatic carbocycles. The average molecular weight is 314 g/mol. The first kappa shape index (κ1) is 14.1. The maximum Gasteiger partial charge on any atom is 0.134 e. The smallest absolute Gasteiger partial charge is 0.134 e. The van der Waals surface area contributed by atoms with Crippen molar-refractivity contribution < 1.29 is 5.11 Å². The second kappa shape index (κ2) is 5.29. The number of aromatic hydroxyl groups is 1. The topological polar surface area (TPSA) is 23.5 Å². The van der Waals surface area contributed by atoms with Gasteiger partial charge in [-0.3, -0.25) is 0 Å². The Morgan fingerprint density at radius 2 is 1.91 bits per heavy atom. The van der Waals surface area contributed by atoms with Crippen LogP contribution in [-0.2, 0) is 12.8 Å². The average Bonchev–Trinajstić information content (AvgIpc) is 2.66. The lowest BCUT2D eigenvalue weighted by atomic mass is 9.74. The van der Waals surface area contributed by atoms with Crippen molar-refractivity contribution in [3.05, 3.63) is 63.7 Å². The number of phenolic OH excluding ortho intramolecular Hbond substituents is 1. The van der Waals surface area contributed by atoms with Crippen molar-refractivity contribution in [2.75, 3.05) is 13.6 Å². The number of fused-ring (bicyclic) bond motifs is 5. The normalized spacial score (nSPS) is 24.1. The second-order valence-corrected chi connectivity index (χ2v) is 6.92. The highest BCUT2D eigenvalue weighted by molar-refractivity contribution is 6.32. The van der Waals surface area contributed by atoms with Gasteiger partial charge in [0, 0.05) is 18.5 Å². The Bertz CT molecular complexity index is 727. The van der Waals surface area contributed by atoms with E-state index in [0.29, 0.717) is 17.0 Å². The highest BCUT2D eigenvalue weighted by Crippen LogP contribution is 2.44. The molecule has 0 saturated heterocycles. The molecule has 0 saturated carbocycles. The third-order valence-corrected chi connectivity index (χ3v) is 5.63. The van der Waals surface area contributed by atoms with Crippen LogP contribution in [0, 0.1) is 0 Å². The number of hydrogen-bond donors (Lipinski definition) is 1. The minimum absolute atomic E-state index is 0.201. The molecule has 0 bridgehead atoms. The van der Waals surface area contributed by atoms with Crippen LogP contribution in [0.4, 0.5) is 0 Å². The van der Waals surface area contributed by atoms with Crippen LogP contribution < -0.4 is 0 Å². The van der Waals surface area contributed by atoms with E-state index in [-0.39, 0.29) is 5.75 Å². The van der Waals surface area contributed by atoms with E-state index in [2.05, 4.69) is 36.2 Å². The van der Waals surface area contributed by atoms with Crippen LogP contribution in [0.3, 0.4) is 0 Å². The van der Waals surface area contributed by atoms with E-state index in [1.807, 2.05) is 12.1 Å². The first-order valence-electron chi connectivity index (χ1n) is 7.94. The summed E-state index contributed by atoms with van der Waals surface area (Å²) in [7, 11) is 2.22. The molecular formula is C19H20ClNO. The van der Waals surface area contributed by atoms with Gasteiger partial charge in [0.15, 0.2) is 0 Å². The molecular weight excluding hydrogens is 294 g/mol. The van der Waals surface area contributed by atoms with Crippen molar-refractivity contribution in [1.29, 1.82) is 0 Å². The van der Waals surface area contributed by atoms with Gasteiger partial charge in [-0.2, -0.15) is 0 Å². The van der Waals surface area contributed by atoms with E-state index in [4.69, 9.17) is 11.6 Å². The maximum atomic E-state index is 10.1. The lowest BCUT2D eigenvalue weighted by Crippen LogP contribution is -2.39. The molecule has 2 nitrogen and oxygen atoms in total. The molecule has 4 rings (SSSR count). The van der Waals surface area contributed by atoms with Gasteiger partial charge in [-0.15, -0.1) is 0 Å². The molecule has 2 atom stereocenters. The Morgan fingerprint density at radius 3 is 2.77 bits per heavy atom. The highest BCUT2D eigenvalue weighted by atomic mass is 35.5. The fourth-order valence-electron chi connectivity index (χ4n) is 4.18. The fourth-order valence-corrected chi connectivity index (χ4v) is 4.37. The van der Waals surface area contributed by atoms with Crippen LogP contribution in [0.5, 0.6) is 5.75 Å². The third-order valence-electron chi connectivity index (χ3n) is 5.33. The molecule has 3 heteroatoms. The first-order valence-corrected chi connectivity index (χ1v) is 8.32. The van der Waals surface area contributed by atoms with Gasteiger partial charge < -0.3 is 10.0 Å². The molecule has 2 aromatic rings. The molecule has 2 aromatic carbocycles. The predicted octanol–water partition coefficient (Wildman–Crippen LogP) is 3.98. The fraction of sp³-hybridized carbons (Fsp3) is 0.368. The third kappa shape index (κ3) is 2.13. The van der Waals surface area contributed by atoms with Crippen molar-refractivity contribution in [3.8, 4) is 5.75 Å². The molecule has 0 amide bonds. The number of benzene rings is 2. The SMILES string of the molecule is CN1CCc2cc(Cl)c(O)cc2C2c3ccccc3CC[C@@H]21. The second-order valence-electron chi connectivity index (χ2n) is 6.52. The van der Waals surface area contributed by atoms with E-state index in [0.717, 1.165) is 19.4 Å². The number of aryl methyl sites for hydroxylation is 1.